The van der Waals surface area contributed by atoms with Gasteiger partial charge >= 0.3 is 0 Å². The highest BCUT2D eigenvalue weighted by atomic mass is 16.2. The molecule has 0 radical (unpaired) electrons. The lowest BCUT2D eigenvalue weighted by Crippen LogP contribution is -2.50. The molecule has 1 amide bonds. The van der Waals surface area contributed by atoms with Crippen LogP contribution >= 0.6 is 0 Å². The van der Waals surface area contributed by atoms with Gasteiger partial charge in [-0.2, -0.15) is 0 Å². The van der Waals surface area contributed by atoms with Crippen LogP contribution in [0.5, 0.6) is 0 Å². The summed E-state index contributed by atoms with van der Waals surface area (Å²) < 4.78 is 0. The van der Waals surface area contributed by atoms with Gasteiger partial charge in [-0.1, -0.05) is 13.8 Å². The predicted octanol–water partition coefficient (Wildman–Crippen LogP) is 3.46. The third-order valence-electron chi connectivity index (χ3n) is 6.60. The molecule has 2 unspecified atom stereocenters. The van der Waals surface area contributed by atoms with E-state index in [1.165, 1.54) is 44.9 Å². The van der Waals surface area contributed by atoms with Crippen molar-refractivity contribution >= 4 is 5.91 Å². The van der Waals surface area contributed by atoms with Crippen LogP contribution in [-0.4, -0.2) is 23.9 Å². The molecule has 0 aromatic rings. The average Bonchev–Trinajstić information content (AvgIpc) is 2.73. The minimum Gasteiger partial charge on any atom is -0.342 e. The third-order valence-corrected chi connectivity index (χ3v) is 6.60. The smallest absolute Gasteiger partial charge is 0.229 e. The van der Waals surface area contributed by atoms with Crippen LogP contribution in [0, 0.1) is 28.6 Å². The lowest BCUT2D eigenvalue weighted by atomic mass is 9.73. The van der Waals surface area contributed by atoms with Gasteiger partial charge in [0, 0.05) is 13.1 Å². The molecular formula is C17H27NO. The SMILES string of the molecule is CC1(C)CCCN(C(=O)C23CC4CC(CC2C4)C3)C1. The van der Waals surface area contributed by atoms with Crippen molar-refractivity contribution < 1.29 is 4.79 Å². The fraction of sp³-hybridized carbons (Fsp3) is 0.941. The van der Waals surface area contributed by atoms with E-state index in [2.05, 4.69) is 18.7 Å². The predicted molar refractivity (Wildman–Crippen MR) is 75.6 cm³/mol. The van der Waals surface area contributed by atoms with Crippen molar-refractivity contribution in [1.29, 1.82) is 0 Å². The number of rotatable bonds is 1. The maximum Gasteiger partial charge on any atom is 0.229 e. The van der Waals surface area contributed by atoms with E-state index < -0.39 is 0 Å². The van der Waals surface area contributed by atoms with E-state index in [1.807, 2.05) is 0 Å². The summed E-state index contributed by atoms with van der Waals surface area (Å²) in [7, 11) is 0. The van der Waals surface area contributed by atoms with Gasteiger partial charge in [-0.25, -0.2) is 0 Å². The van der Waals surface area contributed by atoms with Crippen LogP contribution in [0.15, 0.2) is 0 Å². The number of hydrogen-bond acceptors (Lipinski definition) is 1. The minimum absolute atomic E-state index is 0.0982. The van der Waals surface area contributed by atoms with E-state index in [9.17, 15) is 4.79 Å². The van der Waals surface area contributed by atoms with Crippen molar-refractivity contribution in [2.24, 2.45) is 28.6 Å². The molecule has 19 heavy (non-hydrogen) atoms. The molecule has 106 valence electrons. The molecule has 0 spiro atoms. The van der Waals surface area contributed by atoms with Crippen molar-refractivity contribution in [3.05, 3.63) is 0 Å². The molecule has 4 bridgehead atoms. The van der Waals surface area contributed by atoms with Crippen LogP contribution in [0.25, 0.3) is 0 Å². The van der Waals surface area contributed by atoms with Gasteiger partial charge in [0.2, 0.25) is 5.91 Å². The number of carbonyl (C=O) groups is 1. The first-order valence-corrected chi connectivity index (χ1v) is 8.28. The van der Waals surface area contributed by atoms with Gasteiger partial charge in [0.25, 0.3) is 0 Å². The van der Waals surface area contributed by atoms with Crippen molar-refractivity contribution in [3.8, 4) is 0 Å². The highest BCUT2D eigenvalue weighted by Gasteiger charge is 2.62. The molecule has 2 nitrogen and oxygen atoms in total. The van der Waals surface area contributed by atoms with Crippen LogP contribution in [-0.2, 0) is 4.79 Å². The van der Waals surface area contributed by atoms with Gasteiger partial charge in [-0.05, 0) is 68.1 Å². The second-order valence-corrected chi connectivity index (χ2v) is 8.69. The molecule has 1 aliphatic heterocycles. The fourth-order valence-corrected chi connectivity index (χ4v) is 6.06. The Balaban J connectivity index is 1.58. The van der Waals surface area contributed by atoms with Crippen LogP contribution in [0.3, 0.4) is 0 Å². The Labute approximate surface area is 116 Å². The number of likely N-dealkylation sites (tertiary alicyclic amines) is 1. The fourth-order valence-electron chi connectivity index (χ4n) is 6.06. The summed E-state index contributed by atoms with van der Waals surface area (Å²) in [6.45, 7) is 6.66. The maximum atomic E-state index is 13.2. The molecule has 2 atom stereocenters. The zero-order valence-electron chi connectivity index (χ0n) is 12.5. The Morgan fingerprint density at radius 1 is 1.11 bits per heavy atom. The number of nitrogens with zero attached hydrogens (tertiary/aromatic N) is 1. The molecule has 2 heteroatoms. The van der Waals surface area contributed by atoms with Gasteiger partial charge in [0.1, 0.15) is 0 Å². The first-order valence-electron chi connectivity index (χ1n) is 8.28. The van der Waals surface area contributed by atoms with Crippen molar-refractivity contribution in [2.75, 3.05) is 13.1 Å². The highest BCUT2D eigenvalue weighted by Crippen LogP contribution is 2.66. The van der Waals surface area contributed by atoms with Crippen LogP contribution in [0.4, 0.5) is 0 Å². The number of hydrogen-bond donors (Lipinski definition) is 0. The van der Waals surface area contributed by atoms with Crippen LogP contribution in [0.1, 0.15) is 58.8 Å². The van der Waals surface area contributed by atoms with E-state index >= 15 is 0 Å². The van der Waals surface area contributed by atoms with Crippen molar-refractivity contribution in [3.63, 3.8) is 0 Å². The Morgan fingerprint density at radius 3 is 2.42 bits per heavy atom. The normalized spacial score (nSPS) is 46.8. The second kappa shape index (κ2) is 3.77. The molecule has 1 heterocycles. The lowest BCUT2D eigenvalue weighted by molar-refractivity contribution is -0.147. The molecule has 5 rings (SSSR count). The average molecular weight is 261 g/mol. The van der Waals surface area contributed by atoms with E-state index in [4.69, 9.17) is 0 Å². The standard InChI is InChI=1S/C17H27NO/c1-16(2)4-3-5-18(11-16)15(19)17-9-12-6-13(10-17)8-14(17)7-12/h12-14H,3-11H2,1-2H3. The topological polar surface area (TPSA) is 20.3 Å². The van der Waals surface area contributed by atoms with E-state index in [0.717, 1.165) is 30.8 Å². The van der Waals surface area contributed by atoms with Crippen molar-refractivity contribution in [2.45, 2.75) is 58.8 Å². The lowest BCUT2D eigenvalue weighted by Gasteiger charge is -2.43. The molecular weight excluding hydrogens is 234 g/mol. The maximum absolute atomic E-state index is 13.2. The van der Waals surface area contributed by atoms with E-state index in [0.29, 0.717) is 11.3 Å². The first-order chi connectivity index (χ1) is 8.98. The van der Waals surface area contributed by atoms with Gasteiger partial charge in [-0.15, -0.1) is 0 Å². The second-order valence-electron chi connectivity index (χ2n) is 8.69. The van der Waals surface area contributed by atoms with E-state index in [-0.39, 0.29) is 5.41 Å². The van der Waals surface area contributed by atoms with Gasteiger partial charge < -0.3 is 4.90 Å². The molecule has 0 N–H and O–H groups in total. The van der Waals surface area contributed by atoms with Gasteiger partial charge in [0.15, 0.2) is 0 Å². The number of amides is 1. The minimum atomic E-state index is 0.0982. The Morgan fingerprint density at radius 2 is 1.79 bits per heavy atom. The van der Waals surface area contributed by atoms with Crippen molar-refractivity contribution in [1.82, 2.24) is 4.90 Å². The van der Waals surface area contributed by atoms with Crippen LogP contribution < -0.4 is 0 Å². The highest BCUT2D eigenvalue weighted by molar-refractivity contribution is 5.84. The summed E-state index contributed by atoms with van der Waals surface area (Å²) in [6.07, 6.45) is 9.08. The molecule has 5 fully saturated rings. The third kappa shape index (κ3) is 1.71. The zero-order chi connectivity index (χ0) is 13.3. The van der Waals surface area contributed by atoms with E-state index in [1.54, 1.807) is 0 Å². The summed E-state index contributed by atoms with van der Waals surface area (Å²) in [4.78, 5) is 15.4. The summed E-state index contributed by atoms with van der Waals surface area (Å²) in [5, 5.41) is 0. The molecule has 4 aliphatic carbocycles. The molecule has 0 aromatic heterocycles. The summed E-state index contributed by atoms with van der Waals surface area (Å²) >= 11 is 0. The Bertz CT molecular complexity index is 399. The van der Waals surface area contributed by atoms with Gasteiger partial charge in [0.05, 0.1) is 5.41 Å². The zero-order valence-corrected chi connectivity index (χ0v) is 12.5. The quantitative estimate of drug-likeness (QED) is 0.708. The Kier molecular flexibility index (Phi) is 2.42. The molecule has 0 aromatic carbocycles. The van der Waals surface area contributed by atoms with Gasteiger partial charge in [-0.3, -0.25) is 4.79 Å². The number of piperidine rings is 1. The first kappa shape index (κ1) is 12.2. The molecule has 4 saturated carbocycles. The van der Waals surface area contributed by atoms with Crippen LogP contribution in [0.2, 0.25) is 0 Å². The largest absolute Gasteiger partial charge is 0.342 e. The monoisotopic (exact) mass is 261 g/mol. The molecule has 1 saturated heterocycles. The summed E-state index contributed by atoms with van der Waals surface area (Å²) in [6, 6.07) is 0. The summed E-state index contributed by atoms with van der Waals surface area (Å²) in [5.74, 6) is 3.07. The summed E-state index contributed by atoms with van der Waals surface area (Å²) in [5.41, 5.74) is 0.432. The Hall–Kier alpha value is -0.530. The molecule has 5 aliphatic rings. The number of carbonyl (C=O) groups excluding carboxylic acids is 1.